The Labute approximate surface area is 130 Å². The Bertz CT molecular complexity index is 615. The summed E-state index contributed by atoms with van der Waals surface area (Å²) in [5, 5.41) is 19.1. The molecule has 2 aromatic carbocycles. The number of ketones is 1. The lowest BCUT2D eigenvalue weighted by Crippen LogP contribution is -2.12. The zero-order valence-electron chi connectivity index (χ0n) is 12.4. The number of phenolic OH excluding ortho intramolecular Hbond substituents is 1. The summed E-state index contributed by atoms with van der Waals surface area (Å²) in [6.45, 7) is 0. The molecule has 1 atom stereocenters. The van der Waals surface area contributed by atoms with E-state index < -0.39 is 6.10 Å². The summed E-state index contributed by atoms with van der Waals surface area (Å²) in [6, 6.07) is 16.5. The third kappa shape index (κ3) is 5.54. The number of allylic oxidation sites excluding steroid dienone is 1. The van der Waals surface area contributed by atoms with Crippen molar-refractivity contribution in [1.29, 1.82) is 0 Å². The third-order valence-corrected chi connectivity index (χ3v) is 3.40. The maximum Gasteiger partial charge on any atom is 0.158 e. The highest BCUT2D eigenvalue weighted by molar-refractivity contribution is 5.93. The predicted octanol–water partition coefficient (Wildman–Crippen LogP) is 3.36. The number of hydrogen-bond donors (Lipinski definition) is 2. The third-order valence-electron chi connectivity index (χ3n) is 3.40. The van der Waals surface area contributed by atoms with Crippen molar-refractivity contribution in [3.05, 3.63) is 71.8 Å². The first-order chi connectivity index (χ1) is 10.6. The van der Waals surface area contributed by atoms with Gasteiger partial charge in [-0.3, -0.25) is 4.79 Å². The average Bonchev–Trinajstić information content (AvgIpc) is 2.53. The molecule has 0 spiro atoms. The van der Waals surface area contributed by atoms with Gasteiger partial charge in [-0.25, -0.2) is 0 Å². The lowest BCUT2D eigenvalue weighted by Gasteiger charge is -2.08. The first-order valence-electron chi connectivity index (χ1n) is 7.35. The van der Waals surface area contributed by atoms with E-state index in [1.54, 1.807) is 30.3 Å². The molecule has 0 heterocycles. The van der Waals surface area contributed by atoms with E-state index in [-0.39, 0.29) is 18.0 Å². The highest BCUT2D eigenvalue weighted by Crippen LogP contribution is 2.12. The van der Waals surface area contributed by atoms with Crippen LogP contribution in [0.2, 0.25) is 0 Å². The van der Waals surface area contributed by atoms with Crippen LogP contribution in [0.15, 0.2) is 60.7 Å². The Hall–Kier alpha value is -2.39. The van der Waals surface area contributed by atoms with Crippen LogP contribution in [0.5, 0.6) is 5.75 Å². The number of aliphatic hydroxyl groups is 1. The van der Waals surface area contributed by atoms with Gasteiger partial charge in [-0.15, -0.1) is 0 Å². The van der Waals surface area contributed by atoms with Gasteiger partial charge < -0.3 is 10.2 Å². The molecule has 3 heteroatoms. The van der Waals surface area contributed by atoms with Crippen LogP contribution in [0, 0.1) is 0 Å². The van der Waals surface area contributed by atoms with Crippen molar-refractivity contribution in [1.82, 2.24) is 0 Å². The maximum atomic E-state index is 11.8. The molecule has 0 saturated heterocycles. The number of carbonyl (C=O) groups excluding carboxylic acids is 1. The number of carbonyl (C=O) groups is 1. The first-order valence-corrected chi connectivity index (χ1v) is 7.35. The summed E-state index contributed by atoms with van der Waals surface area (Å²) in [5.74, 6) is 0.0912. The molecule has 0 aromatic heterocycles. The molecule has 0 aliphatic heterocycles. The number of aromatic hydroxyl groups is 1. The molecule has 0 saturated carbocycles. The summed E-state index contributed by atoms with van der Waals surface area (Å²) < 4.78 is 0. The fraction of sp³-hybridized carbons (Fsp3) is 0.211. The molecule has 0 radical (unpaired) electrons. The fourth-order valence-corrected chi connectivity index (χ4v) is 2.15. The zero-order chi connectivity index (χ0) is 15.8. The van der Waals surface area contributed by atoms with E-state index >= 15 is 0 Å². The fourth-order valence-electron chi connectivity index (χ4n) is 2.15. The van der Waals surface area contributed by atoms with Crippen LogP contribution < -0.4 is 0 Å². The van der Waals surface area contributed by atoms with Gasteiger partial charge in [-0.05, 0) is 42.2 Å². The average molecular weight is 296 g/mol. The number of aliphatic hydroxyl groups excluding tert-OH is 1. The summed E-state index contributed by atoms with van der Waals surface area (Å²) in [7, 11) is 0. The molecule has 2 aromatic rings. The Kier molecular flexibility index (Phi) is 5.92. The molecule has 0 bridgehead atoms. The number of aryl methyl sites for hydroxylation is 1. The normalized spacial score (nSPS) is 12.4. The van der Waals surface area contributed by atoms with E-state index in [4.69, 9.17) is 0 Å². The standard InChI is InChI=1S/C19H20O3/c20-17-10-6-16(7-11-17)9-13-19(22)14-18(21)12-8-15-4-2-1-3-5-15/h1-7,9-11,13,18,20-21H,8,12,14H2/b13-9+/t18-/m1/s1. The van der Waals surface area contributed by atoms with Gasteiger partial charge in [-0.1, -0.05) is 48.5 Å². The zero-order valence-corrected chi connectivity index (χ0v) is 12.4. The van der Waals surface area contributed by atoms with Gasteiger partial charge in [0.15, 0.2) is 5.78 Å². The van der Waals surface area contributed by atoms with Gasteiger partial charge in [0.1, 0.15) is 5.75 Å². The molecule has 3 nitrogen and oxygen atoms in total. The van der Waals surface area contributed by atoms with Gasteiger partial charge in [0.05, 0.1) is 6.10 Å². The van der Waals surface area contributed by atoms with Crippen LogP contribution in [0.3, 0.4) is 0 Å². The molecule has 0 fully saturated rings. The van der Waals surface area contributed by atoms with E-state index in [1.165, 1.54) is 6.08 Å². The molecule has 114 valence electrons. The highest BCUT2D eigenvalue weighted by Gasteiger charge is 2.08. The van der Waals surface area contributed by atoms with E-state index in [1.807, 2.05) is 30.3 Å². The minimum Gasteiger partial charge on any atom is -0.508 e. The minimum atomic E-state index is -0.628. The molecule has 0 aliphatic rings. The first kappa shape index (κ1) is 16.0. The van der Waals surface area contributed by atoms with Crippen LogP contribution in [0.4, 0.5) is 0 Å². The maximum absolute atomic E-state index is 11.8. The molecule has 22 heavy (non-hydrogen) atoms. The summed E-state index contributed by atoms with van der Waals surface area (Å²) in [6.07, 6.45) is 3.99. The van der Waals surface area contributed by atoms with Gasteiger partial charge >= 0.3 is 0 Å². The monoisotopic (exact) mass is 296 g/mol. The number of rotatable bonds is 7. The van der Waals surface area contributed by atoms with Crippen molar-refractivity contribution in [2.24, 2.45) is 0 Å². The largest absolute Gasteiger partial charge is 0.508 e. The minimum absolute atomic E-state index is 0.103. The predicted molar refractivity (Wildman–Crippen MR) is 87.5 cm³/mol. The Balaban J connectivity index is 1.77. The van der Waals surface area contributed by atoms with Crippen LogP contribution in [-0.2, 0) is 11.2 Å². The van der Waals surface area contributed by atoms with Gasteiger partial charge in [-0.2, -0.15) is 0 Å². The van der Waals surface area contributed by atoms with Crippen molar-refractivity contribution in [3.8, 4) is 5.75 Å². The van der Waals surface area contributed by atoms with Gasteiger partial charge in [0.2, 0.25) is 0 Å². The van der Waals surface area contributed by atoms with Gasteiger partial charge in [0.25, 0.3) is 0 Å². The molecule has 2 N–H and O–H groups in total. The molecule has 2 rings (SSSR count). The van der Waals surface area contributed by atoms with Crippen LogP contribution >= 0.6 is 0 Å². The smallest absolute Gasteiger partial charge is 0.158 e. The van der Waals surface area contributed by atoms with E-state index in [9.17, 15) is 15.0 Å². The van der Waals surface area contributed by atoms with Crippen molar-refractivity contribution in [2.45, 2.75) is 25.4 Å². The Morgan fingerprint density at radius 2 is 1.73 bits per heavy atom. The second kappa shape index (κ2) is 8.15. The molecular formula is C19H20O3. The van der Waals surface area contributed by atoms with Crippen molar-refractivity contribution in [3.63, 3.8) is 0 Å². The molecule has 0 aliphatic carbocycles. The van der Waals surface area contributed by atoms with Crippen molar-refractivity contribution < 1.29 is 15.0 Å². The quantitative estimate of drug-likeness (QED) is 0.770. The van der Waals surface area contributed by atoms with Crippen LogP contribution in [0.1, 0.15) is 24.0 Å². The summed E-state index contributed by atoms with van der Waals surface area (Å²) in [5.41, 5.74) is 2.00. The summed E-state index contributed by atoms with van der Waals surface area (Å²) in [4.78, 5) is 11.8. The number of hydrogen-bond acceptors (Lipinski definition) is 3. The van der Waals surface area contributed by atoms with E-state index in [0.717, 1.165) is 17.5 Å². The van der Waals surface area contributed by atoms with E-state index in [2.05, 4.69) is 0 Å². The van der Waals surface area contributed by atoms with Crippen molar-refractivity contribution >= 4 is 11.9 Å². The van der Waals surface area contributed by atoms with Crippen LogP contribution in [0.25, 0.3) is 6.08 Å². The number of phenols is 1. The second-order valence-electron chi connectivity index (χ2n) is 5.27. The lowest BCUT2D eigenvalue weighted by atomic mass is 10.0. The Morgan fingerprint density at radius 1 is 1.05 bits per heavy atom. The molecular weight excluding hydrogens is 276 g/mol. The SMILES string of the molecule is O=C(/C=C/c1ccc(O)cc1)C[C@H](O)CCc1ccccc1. The molecule has 0 unspecified atom stereocenters. The molecule has 0 amide bonds. The van der Waals surface area contributed by atoms with Gasteiger partial charge in [0, 0.05) is 6.42 Å². The number of benzene rings is 2. The highest BCUT2D eigenvalue weighted by atomic mass is 16.3. The van der Waals surface area contributed by atoms with Crippen LogP contribution in [-0.4, -0.2) is 22.1 Å². The van der Waals surface area contributed by atoms with E-state index in [0.29, 0.717) is 6.42 Å². The topological polar surface area (TPSA) is 57.5 Å². The summed E-state index contributed by atoms with van der Waals surface area (Å²) >= 11 is 0. The lowest BCUT2D eigenvalue weighted by molar-refractivity contribution is -0.116. The van der Waals surface area contributed by atoms with Crippen molar-refractivity contribution in [2.75, 3.05) is 0 Å². The second-order valence-corrected chi connectivity index (χ2v) is 5.27. The Morgan fingerprint density at radius 3 is 2.41 bits per heavy atom.